The third kappa shape index (κ3) is 4.32. The Morgan fingerprint density at radius 3 is 2.46 bits per heavy atom. The van der Waals surface area contributed by atoms with E-state index in [0.29, 0.717) is 0 Å². The van der Waals surface area contributed by atoms with E-state index in [1.165, 1.54) is 0 Å². The molecule has 0 amide bonds. The van der Waals surface area contributed by atoms with Gasteiger partial charge in [-0.3, -0.25) is 4.90 Å². The molecule has 2 aliphatic rings. The van der Waals surface area contributed by atoms with E-state index in [-0.39, 0.29) is 6.10 Å². The van der Waals surface area contributed by atoms with Gasteiger partial charge in [0, 0.05) is 55.7 Å². The number of ether oxygens (including phenoxy) is 2. The lowest BCUT2D eigenvalue weighted by atomic mass is 10.1. The van der Waals surface area contributed by atoms with E-state index in [1.807, 2.05) is 36.7 Å². The van der Waals surface area contributed by atoms with Crippen molar-refractivity contribution in [3.8, 4) is 0 Å². The molecule has 26 heavy (non-hydrogen) atoms. The predicted molar refractivity (Wildman–Crippen MR) is 100 cm³/mol. The first kappa shape index (κ1) is 17.7. The number of hydrogen-bond donors (Lipinski definition) is 0. The Bertz CT molecular complexity index is 704. The monoisotopic (exact) mass is 374 g/mol. The van der Waals surface area contributed by atoms with Gasteiger partial charge in [-0.1, -0.05) is 23.7 Å². The molecule has 6 nitrogen and oxygen atoms in total. The third-order valence-corrected chi connectivity index (χ3v) is 5.04. The molecule has 0 N–H and O–H groups in total. The van der Waals surface area contributed by atoms with Crippen LogP contribution in [0.3, 0.4) is 0 Å². The van der Waals surface area contributed by atoms with Crippen molar-refractivity contribution >= 4 is 17.5 Å². The number of anilines is 1. The molecule has 138 valence electrons. The molecular formula is C19H23ClN4O2. The molecule has 4 rings (SSSR count). The smallest absolute Gasteiger partial charge is 0.225 e. The van der Waals surface area contributed by atoms with Gasteiger partial charge in [-0.05, 0) is 17.7 Å². The summed E-state index contributed by atoms with van der Waals surface area (Å²) in [5.74, 6) is 0.790. The van der Waals surface area contributed by atoms with Gasteiger partial charge < -0.3 is 14.4 Å². The minimum Gasteiger partial charge on any atom is -0.378 e. The van der Waals surface area contributed by atoms with Crippen LogP contribution in [0.15, 0.2) is 36.7 Å². The summed E-state index contributed by atoms with van der Waals surface area (Å²) >= 11 is 5.98. The molecule has 2 aliphatic heterocycles. The number of aromatic nitrogens is 2. The first-order chi connectivity index (χ1) is 12.8. The fraction of sp³-hybridized carbons (Fsp3) is 0.474. The lowest BCUT2D eigenvalue weighted by molar-refractivity contribution is -0.0329. The zero-order valence-corrected chi connectivity index (χ0v) is 15.4. The second kappa shape index (κ2) is 8.31. The average molecular weight is 375 g/mol. The molecule has 3 heterocycles. The molecule has 0 saturated carbocycles. The van der Waals surface area contributed by atoms with E-state index >= 15 is 0 Å². The Morgan fingerprint density at radius 2 is 1.73 bits per heavy atom. The number of rotatable bonds is 4. The number of halogens is 1. The van der Waals surface area contributed by atoms with Crippen molar-refractivity contribution in [1.82, 2.24) is 14.9 Å². The molecule has 0 radical (unpaired) electrons. The Balaban J connectivity index is 1.36. The quantitative estimate of drug-likeness (QED) is 0.819. The van der Waals surface area contributed by atoms with Gasteiger partial charge in [-0.25, -0.2) is 9.97 Å². The molecule has 0 aliphatic carbocycles. The van der Waals surface area contributed by atoms with E-state index in [0.717, 1.165) is 74.6 Å². The summed E-state index contributed by atoms with van der Waals surface area (Å²) in [5, 5.41) is 0.749. The van der Waals surface area contributed by atoms with Gasteiger partial charge in [0.1, 0.15) is 0 Å². The number of benzene rings is 1. The molecule has 2 aromatic rings. The lowest BCUT2D eigenvalue weighted by Crippen LogP contribution is -2.38. The van der Waals surface area contributed by atoms with Crippen LogP contribution in [-0.2, 0) is 16.0 Å². The molecule has 1 aromatic heterocycles. The van der Waals surface area contributed by atoms with Crippen molar-refractivity contribution in [2.24, 2.45) is 0 Å². The minimum absolute atomic E-state index is 0.0783. The van der Waals surface area contributed by atoms with Crippen molar-refractivity contribution in [1.29, 1.82) is 0 Å². The Labute approximate surface area is 158 Å². The fourth-order valence-corrected chi connectivity index (χ4v) is 3.47. The largest absolute Gasteiger partial charge is 0.378 e. The van der Waals surface area contributed by atoms with Crippen LogP contribution in [-0.4, -0.2) is 60.9 Å². The van der Waals surface area contributed by atoms with Crippen molar-refractivity contribution < 1.29 is 9.47 Å². The van der Waals surface area contributed by atoms with E-state index in [2.05, 4.69) is 19.8 Å². The number of morpholine rings is 2. The Hall–Kier alpha value is -1.73. The van der Waals surface area contributed by atoms with Gasteiger partial charge in [-0.15, -0.1) is 0 Å². The van der Waals surface area contributed by atoms with Crippen LogP contribution in [0.4, 0.5) is 5.95 Å². The summed E-state index contributed by atoms with van der Waals surface area (Å²) in [5.41, 5.74) is 2.29. The summed E-state index contributed by atoms with van der Waals surface area (Å²) in [6.07, 6.45) is 3.95. The van der Waals surface area contributed by atoms with E-state index in [9.17, 15) is 0 Å². The lowest BCUT2D eigenvalue weighted by Gasteiger charge is -2.33. The van der Waals surface area contributed by atoms with Crippen LogP contribution in [0.5, 0.6) is 0 Å². The SMILES string of the molecule is Clc1ccc(C2CN(Cc3cnc(N4CCOCC4)nc3)CCO2)cc1. The van der Waals surface area contributed by atoms with E-state index in [4.69, 9.17) is 21.1 Å². The van der Waals surface area contributed by atoms with Crippen molar-refractivity contribution in [3.63, 3.8) is 0 Å². The van der Waals surface area contributed by atoms with Crippen molar-refractivity contribution in [2.45, 2.75) is 12.6 Å². The minimum atomic E-state index is 0.0783. The number of nitrogens with zero attached hydrogens (tertiary/aromatic N) is 4. The van der Waals surface area contributed by atoms with Crippen LogP contribution >= 0.6 is 11.6 Å². The molecule has 1 unspecified atom stereocenters. The standard InChI is InChI=1S/C19H23ClN4O2/c20-17-3-1-16(2-4-17)18-14-23(5-10-26-18)13-15-11-21-19(22-12-15)24-6-8-25-9-7-24/h1-4,11-12,18H,5-10,13-14H2. The van der Waals surface area contributed by atoms with E-state index in [1.54, 1.807) is 0 Å². The zero-order valence-electron chi connectivity index (χ0n) is 14.7. The highest BCUT2D eigenvalue weighted by atomic mass is 35.5. The summed E-state index contributed by atoms with van der Waals surface area (Å²) in [6.45, 7) is 6.51. The maximum atomic E-state index is 5.98. The predicted octanol–water partition coefficient (Wildman–Crippen LogP) is 2.54. The van der Waals surface area contributed by atoms with Crippen LogP contribution in [0.1, 0.15) is 17.2 Å². The molecular weight excluding hydrogens is 352 g/mol. The van der Waals surface area contributed by atoms with Crippen molar-refractivity contribution in [3.05, 3.63) is 52.8 Å². The molecule has 7 heteroatoms. The first-order valence-corrected chi connectivity index (χ1v) is 9.39. The third-order valence-electron chi connectivity index (χ3n) is 4.78. The number of hydrogen-bond acceptors (Lipinski definition) is 6. The Morgan fingerprint density at radius 1 is 1.00 bits per heavy atom. The zero-order chi connectivity index (χ0) is 17.8. The summed E-state index contributed by atoms with van der Waals surface area (Å²) in [6, 6.07) is 7.91. The van der Waals surface area contributed by atoms with Crippen LogP contribution in [0.2, 0.25) is 5.02 Å². The first-order valence-electron chi connectivity index (χ1n) is 9.01. The van der Waals surface area contributed by atoms with Crippen LogP contribution in [0.25, 0.3) is 0 Å². The molecule has 2 fully saturated rings. The second-order valence-corrected chi connectivity index (χ2v) is 7.07. The highest BCUT2D eigenvalue weighted by Crippen LogP contribution is 2.24. The van der Waals surface area contributed by atoms with Gasteiger partial charge in [0.2, 0.25) is 5.95 Å². The van der Waals surface area contributed by atoms with Gasteiger partial charge in [0.05, 0.1) is 25.9 Å². The van der Waals surface area contributed by atoms with Gasteiger partial charge >= 0.3 is 0 Å². The molecule has 2 saturated heterocycles. The topological polar surface area (TPSA) is 50.7 Å². The summed E-state index contributed by atoms with van der Waals surface area (Å²) < 4.78 is 11.3. The maximum absolute atomic E-state index is 5.98. The fourth-order valence-electron chi connectivity index (χ4n) is 3.34. The highest BCUT2D eigenvalue weighted by Gasteiger charge is 2.22. The van der Waals surface area contributed by atoms with Gasteiger partial charge in [-0.2, -0.15) is 0 Å². The van der Waals surface area contributed by atoms with Crippen LogP contribution < -0.4 is 4.90 Å². The van der Waals surface area contributed by atoms with Gasteiger partial charge in [0.15, 0.2) is 0 Å². The molecule has 1 atom stereocenters. The Kier molecular flexibility index (Phi) is 5.65. The molecule has 0 bridgehead atoms. The molecule has 1 aromatic carbocycles. The van der Waals surface area contributed by atoms with Gasteiger partial charge in [0.25, 0.3) is 0 Å². The second-order valence-electron chi connectivity index (χ2n) is 6.64. The normalized spacial score (nSPS) is 21.7. The summed E-state index contributed by atoms with van der Waals surface area (Å²) in [7, 11) is 0. The molecule has 0 spiro atoms. The van der Waals surface area contributed by atoms with Crippen LogP contribution in [0, 0.1) is 0 Å². The maximum Gasteiger partial charge on any atom is 0.225 e. The average Bonchev–Trinajstić information content (AvgIpc) is 2.70. The van der Waals surface area contributed by atoms with Crippen molar-refractivity contribution in [2.75, 3.05) is 50.9 Å². The summed E-state index contributed by atoms with van der Waals surface area (Å²) in [4.78, 5) is 13.6. The highest BCUT2D eigenvalue weighted by molar-refractivity contribution is 6.30. The van der Waals surface area contributed by atoms with E-state index < -0.39 is 0 Å².